The van der Waals surface area contributed by atoms with Gasteiger partial charge in [0.15, 0.2) is 12.7 Å². The Morgan fingerprint density at radius 2 is 1.86 bits per heavy atom. The highest BCUT2D eigenvalue weighted by atomic mass is 127. The van der Waals surface area contributed by atoms with E-state index in [1.165, 1.54) is 25.7 Å². The third-order valence-electron chi connectivity index (χ3n) is 2.33. The first-order chi connectivity index (χ1) is 6.38. The van der Waals surface area contributed by atoms with Crippen molar-refractivity contribution >= 4 is 0 Å². The van der Waals surface area contributed by atoms with E-state index in [-0.39, 0.29) is 24.0 Å². The number of rotatable bonds is 6. The molecule has 0 fully saturated rings. The van der Waals surface area contributed by atoms with Crippen LogP contribution >= 0.6 is 0 Å². The Bertz CT molecular complexity index is 210. The van der Waals surface area contributed by atoms with Gasteiger partial charge in [-0.2, -0.15) is 4.68 Å². The van der Waals surface area contributed by atoms with Crippen LogP contribution in [0.5, 0.6) is 0 Å². The second-order valence-corrected chi connectivity index (χ2v) is 3.52. The van der Waals surface area contributed by atoms with Crippen LogP contribution in [-0.2, 0) is 13.1 Å². The molecule has 1 heterocycles. The summed E-state index contributed by atoms with van der Waals surface area (Å²) < 4.78 is 4.64. The molecular formula is C11H21IN2. The number of nitrogens with zero attached hydrogens (tertiary/aromatic N) is 2. The Morgan fingerprint density at radius 3 is 2.50 bits per heavy atom. The van der Waals surface area contributed by atoms with E-state index in [4.69, 9.17) is 0 Å². The van der Waals surface area contributed by atoms with E-state index in [1.54, 1.807) is 0 Å². The third kappa shape index (κ3) is 4.44. The number of aromatic nitrogens is 2. The lowest BCUT2D eigenvalue weighted by atomic mass is 10.3. The van der Waals surface area contributed by atoms with Gasteiger partial charge >= 0.3 is 0 Å². The standard InChI is InChI=1S/C11H21N2.HI/c1-3-5-8-12-10-7-11-13(12)9-6-4-2;/h7,10-11H,3-6,8-9H2,1-2H3;1H/q+1;/p-1. The van der Waals surface area contributed by atoms with Crippen LogP contribution in [0.4, 0.5) is 0 Å². The molecule has 0 aliphatic heterocycles. The highest BCUT2D eigenvalue weighted by Crippen LogP contribution is 1.93. The van der Waals surface area contributed by atoms with Crippen molar-refractivity contribution in [2.45, 2.75) is 52.6 Å². The summed E-state index contributed by atoms with van der Waals surface area (Å²) in [6.45, 7) is 6.79. The van der Waals surface area contributed by atoms with Crippen molar-refractivity contribution in [3.63, 3.8) is 0 Å². The van der Waals surface area contributed by atoms with Gasteiger partial charge in [0.1, 0.15) is 0 Å². The van der Waals surface area contributed by atoms with Crippen molar-refractivity contribution < 1.29 is 28.7 Å². The summed E-state index contributed by atoms with van der Waals surface area (Å²) in [5.74, 6) is 0. The van der Waals surface area contributed by atoms with Gasteiger partial charge in [-0.3, -0.25) is 0 Å². The molecule has 0 radical (unpaired) electrons. The van der Waals surface area contributed by atoms with Crippen LogP contribution in [0.1, 0.15) is 39.5 Å². The van der Waals surface area contributed by atoms with Gasteiger partial charge < -0.3 is 24.0 Å². The first-order valence-electron chi connectivity index (χ1n) is 5.43. The van der Waals surface area contributed by atoms with Crippen LogP contribution in [-0.4, -0.2) is 4.68 Å². The zero-order valence-electron chi connectivity index (χ0n) is 9.25. The molecule has 0 N–H and O–H groups in total. The fourth-order valence-corrected chi connectivity index (χ4v) is 1.45. The smallest absolute Gasteiger partial charge is 0.195 e. The minimum absolute atomic E-state index is 0. The number of hydrogen-bond donors (Lipinski definition) is 0. The summed E-state index contributed by atoms with van der Waals surface area (Å²) in [5.41, 5.74) is 0. The summed E-state index contributed by atoms with van der Waals surface area (Å²) in [6.07, 6.45) is 9.44. The molecule has 0 aromatic carbocycles. The average Bonchev–Trinajstić information content (AvgIpc) is 2.59. The summed E-state index contributed by atoms with van der Waals surface area (Å²) in [4.78, 5) is 0. The normalized spacial score (nSPS) is 9.86. The Labute approximate surface area is 104 Å². The highest BCUT2D eigenvalue weighted by Gasteiger charge is 2.05. The number of aryl methyl sites for hydroxylation is 2. The lowest BCUT2D eigenvalue weighted by molar-refractivity contribution is -0.775. The van der Waals surface area contributed by atoms with Crippen molar-refractivity contribution in [1.82, 2.24) is 4.68 Å². The number of unbranched alkanes of at least 4 members (excludes halogenated alkanes) is 2. The maximum absolute atomic E-state index is 2.32. The van der Waals surface area contributed by atoms with Gasteiger partial charge in [0.2, 0.25) is 0 Å². The minimum atomic E-state index is 0. The predicted octanol–water partition coefficient (Wildman–Crippen LogP) is -0.620. The Morgan fingerprint density at radius 1 is 1.14 bits per heavy atom. The number of halogens is 1. The zero-order chi connectivity index (χ0) is 9.52. The van der Waals surface area contributed by atoms with Crippen molar-refractivity contribution in [3.05, 3.63) is 18.5 Å². The van der Waals surface area contributed by atoms with Crippen molar-refractivity contribution in [1.29, 1.82) is 0 Å². The largest absolute Gasteiger partial charge is 1.00 e. The fourth-order valence-electron chi connectivity index (χ4n) is 1.45. The van der Waals surface area contributed by atoms with Crippen LogP contribution in [0.15, 0.2) is 18.5 Å². The van der Waals surface area contributed by atoms with E-state index < -0.39 is 0 Å². The average molecular weight is 308 g/mol. The summed E-state index contributed by atoms with van der Waals surface area (Å²) in [7, 11) is 0. The molecule has 0 saturated carbocycles. The molecule has 0 aliphatic rings. The SMILES string of the molecule is CCCCn1ccc[n+]1CCCC.[I-]. The maximum atomic E-state index is 2.32. The molecule has 1 rings (SSSR count). The molecule has 0 atom stereocenters. The van der Waals surface area contributed by atoms with E-state index in [9.17, 15) is 0 Å². The van der Waals surface area contributed by atoms with Gasteiger partial charge in [-0.15, -0.1) is 4.68 Å². The van der Waals surface area contributed by atoms with E-state index in [0.29, 0.717) is 0 Å². The maximum Gasteiger partial charge on any atom is 0.195 e. The predicted molar refractivity (Wildman–Crippen MR) is 54.4 cm³/mol. The Balaban J connectivity index is 0.00000169. The van der Waals surface area contributed by atoms with Crippen LogP contribution < -0.4 is 28.7 Å². The molecule has 0 aliphatic carbocycles. The molecule has 2 nitrogen and oxygen atoms in total. The fraction of sp³-hybridized carbons (Fsp3) is 0.727. The molecule has 1 aromatic rings. The topological polar surface area (TPSA) is 8.81 Å². The molecule has 1 aromatic heterocycles. The van der Waals surface area contributed by atoms with Gasteiger partial charge in [0, 0.05) is 12.5 Å². The Hall–Kier alpha value is -0.0600. The summed E-state index contributed by atoms with van der Waals surface area (Å²) >= 11 is 0. The first-order valence-corrected chi connectivity index (χ1v) is 5.43. The highest BCUT2D eigenvalue weighted by molar-refractivity contribution is 4.71. The minimum Gasteiger partial charge on any atom is -1.00 e. The molecule has 0 spiro atoms. The molecule has 0 amide bonds. The van der Waals surface area contributed by atoms with Gasteiger partial charge in [0.05, 0.1) is 12.7 Å². The molecule has 0 unspecified atom stereocenters. The zero-order valence-corrected chi connectivity index (χ0v) is 11.4. The molecule has 0 saturated heterocycles. The van der Waals surface area contributed by atoms with Crippen molar-refractivity contribution in [3.8, 4) is 0 Å². The molecule has 82 valence electrons. The summed E-state index contributed by atoms with van der Waals surface area (Å²) in [6, 6.07) is 2.13. The van der Waals surface area contributed by atoms with Gasteiger partial charge in [0.25, 0.3) is 0 Å². The quantitative estimate of drug-likeness (QED) is 0.489. The lowest BCUT2D eigenvalue weighted by Crippen LogP contribution is -3.00. The number of hydrogen-bond acceptors (Lipinski definition) is 0. The summed E-state index contributed by atoms with van der Waals surface area (Å²) in [5, 5.41) is 0. The van der Waals surface area contributed by atoms with Gasteiger partial charge in [-0.05, 0) is 6.42 Å². The molecule has 14 heavy (non-hydrogen) atoms. The molecule has 0 bridgehead atoms. The van der Waals surface area contributed by atoms with Crippen LogP contribution in [0.3, 0.4) is 0 Å². The first kappa shape index (κ1) is 13.9. The Kier molecular flexibility index (Phi) is 8.23. The van der Waals surface area contributed by atoms with E-state index in [0.717, 1.165) is 13.1 Å². The van der Waals surface area contributed by atoms with Crippen LogP contribution in [0, 0.1) is 0 Å². The lowest BCUT2D eigenvalue weighted by Gasteiger charge is -2.00. The van der Waals surface area contributed by atoms with E-state index in [2.05, 4.69) is 41.7 Å². The third-order valence-corrected chi connectivity index (χ3v) is 2.33. The second-order valence-electron chi connectivity index (χ2n) is 3.52. The monoisotopic (exact) mass is 308 g/mol. The van der Waals surface area contributed by atoms with Crippen LogP contribution in [0.2, 0.25) is 0 Å². The second kappa shape index (κ2) is 8.26. The van der Waals surface area contributed by atoms with E-state index in [1.807, 2.05) is 0 Å². The van der Waals surface area contributed by atoms with Gasteiger partial charge in [-0.25, -0.2) is 0 Å². The molecular weight excluding hydrogens is 287 g/mol. The van der Waals surface area contributed by atoms with Crippen molar-refractivity contribution in [2.24, 2.45) is 0 Å². The molecule has 3 heteroatoms. The van der Waals surface area contributed by atoms with Gasteiger partial charge in [-0.1, -0.05) is 26.7 Å². The van der Waals surface area contributed by atoms with E-state index >= 15 is 0 Å². The van der Waals surface area contributed by atoms with Crippen molar-refractivity contribution in [2.75, 3.05) is 0 Å². The van der Waals surface area contributed by atoms with Crippen LogP contribution in [0.25, 0.3) is 0 Å².